The first-order chi connectivity index (χ1) is 6.81. The fourth-order valence-electron chi connectivity index (χ4n) is 1.03. The summed E-state index contributed by atoms with van der Waals surface area (Å²) in [6, 6.07) is 0. The highest BCUT2D eigenvalue weighted by Gasteiger charge is 2.11. The van der Waals surface area contributed by atoms with Gasteiger partial charge < -0.3 is 9.72 Å². The Morgan fingerprint density at radius 3 is 3.21 bits per heavy atom. The van der Waals surface area contributed by atoms with E-state index in [9.17, 15) is 4.79 Å². The molecule has 6 heteroatoms. The number of H-pyrrole nitrogens is 1. The predicted molar refractivity (Wildman–Crippen MR) is 47.6 cm³/mol. The second-order valence-electron chi connectivity index (χ2n) is 2.55. The molecule has 0 aliphatic heterocycles. The Hall–Kier alpha value is -1.98. The average molecular weight is 192 g/mol. The van der Waals surface area contributed by atoms with E-state index in [1.165, 1.54) is 12.5 Å². The normalized spacial score (nSPS) is 10.4. The van der Waals surface area contributed by atoms with E-state index in [1.54, 1.807) is 6.92 Å². The van der Waals surface area contributed by atoms with Gasteiger partial charge in [0, 0.05) is 0 Å². The third-order valence-corrected chi connectivity index (χ3v) is 1.63. The lowest BCUT2D eigenvalue weighted by atomic mass is 10.5. The number of carbonyl (C=O) groups excluding carboxylic acids is 1. The van der Waals surface area contributed by atoms with Crippen LogP contribution in [0.3, 0.4) is 0 Å². The molecule has 0 atom stereocenters. The van der Waals surface area contributed by atoms with Gasteiger partial charge in [0.2, 0.25) is 5.82 Å². The number of carbonyl (C=O) groups is 1. The molecular formula is C8H8N4O2. The van der Waals surface area contributed by atoms with E-state index in [0.29, 0.717) is 17.8 Å². The molecule has 0 aliphatic carbocycles. The lowest BCUT2D eigenvalue weighted by Crippen LogP contribution is -2.09. The van der Waals surface area contributed by atoms with Gasteiger partial charge in [0.15, 0.2) is 5.65 Å². The standard InChI is InChI=1S/C8H8N4O2/c1-2-14-8(13)7-9-3-5-6(12-7)11-4-10-5/h3-4H,2H2,1H3,(H,9,10,11,12). The van der Waals surface area contributed by atoms with E-state index >= 15 is 0 Å². The number of rotatable bonds is 2. The average Bonchev–Trinajstić information content (AvgIpc) is 2.64. The van der Waals surface area contributed by atoms with Gasteiger partial charge >= 0.3 is 5.97 Å². The summed E-state index contributed by atoms with van der Waals surface area (Å²) in [5, 5.41) is 0. The van der Waals surface area contributed by atoms with Crippen molar-refractivity contribution in [1.29, 1.82) is 0 Å². The van der Waals surface area contributed by atoms with Gasteiger partial charge in [0.1, 0.15) is 5.52 Å². The van der Waals surface area contributed by atoms with Crippen LogP contribution in [-0.2, 0) is 4.74 Å². The lowest BCUT2D eigenvalue weighted by Gasteiger charge is -1.98. The summed E-state index contributed by atoms with van der Waals surface area (Å²) in [7, 11) is 0. The molecule has 0 radical (unpaired) electrons. The number of hydrogen-bond acceptors (Lipinski definition) is 5. The van der Waals surface area contributed by atoms with Crippen LogP contribution >= 0.6 is 0 Å². The van der Waals surface area contributed by atoms with Gasteiger partial charge in [-0.25, -0.2) is 19.7 Å². The molecular weight excluding hydrogens is 184 g/mol. The number of hydrogen-bond donors (Lipinski definition) is 1. The second kappa shape index (κ2) is 3.41. The Bertz CT molecular complexity index is 465. The van der Waals surface area contributed by atoms with Crippen LogP contribution in [0, 0.1) is 0 Å². The fourth-order valence-corrected chi connectivity index (χ4v) is 1.03. The molecule has 2 aromatic rings. The molecule has 2 heterocycles. The van der Waals surface area contributed by atoms with Crippen LogP contribution in [0.2, 0.25) is 0 Å². The van der Waals surface area contributed by atoms with Gasteiger partial charge in [0.05, 0.1) is 19.1 Å². The molecule has 0 bridgehead atoms. The number of esters is 1. The number of ether oxygens (including phenoxy) is 1. The van der Waals surface area contributed by atoms with Crippen molar-refractivity contribution in [3.8, 4) is 0 Å². The van der Waals surface area contributed by atoms with Gasteiger partial charge in [-0.15, -0.1) is 0 Å². The molecule has 72 valence electrons. The van der Waals surface area contributed by atoms with Crippen molar-refractivity contribution >= 4 is 17.1 Å². The number of aromatic amines is 1. The zero-order chi connectivity index (χ0) is 9.97. The monoisotopic (exact) mass is 192 g/mol. The summed E-state index contributed by atoms with van der Waals surface area (Å²) in [5.74, 6) is -0.496. The van der Waals surface area contributed by atoms with Crippen molar-refractivity contribution in [3.63, 3.8) is 0 Å². The van der Waals surface area contributed by atoms with Crippen molar-refractivity contribution in [2.75, 3.05) is 6.61 Å². The topological polar surface area (TPSA) is 80.8 Å². The maximum atomic E-state index is 11.2. The number of fused-ring (bicyclic) bond motifs is 1. The molecule has 2 rings (SSSR count). The minimum Gasteiger partial charge on any atom is -0.460 e. The van der Waals surface area contributed by atoms with E-state index in [0.717, 1.165) is 0 Å². The Labute approximate surface area is 79.4 Å². The predicted octanol–water partition coefficient (Wildman–Crippen LogP) is 0.530. The summed E-state index contributed by atoms with van der Waals surface area (Å²) in [4.78, 5) is 25.7. The molecule has 6 nitrogen and oxygen atoms in total. The Morgan fingerprint density at radius 1 is 1.57 bits per heavy atom. The van der Waals surface area contributed by atoms with Crippen LogP contribution in [0.5, 0.6) is 0 Å². The maximum absolute atomic E-state index is 11.2. The molecule has 0 fully saturated rings. The summed E-state index contributed by atoms with van der Waals surface area (Å²) in [6.45, 7) is 2.03. The van der Waals surface area contributed by atoms with Crippen molar-refractivity contribution in [1.82, 2.24) is 19.9 Å². The second-order valence-corrected chi connectivity index (χ2v) is 2.55. The van der Waals surface area contributed by atoms with E-state index in [-0.39, 0.29) is 5.82 Å². The molecule has 0 unspecified atom stereocenters. The summed E-state index contributed by atoms with van der Waals surface area (Å²) < 4.78 is 4.75. The van der Waals surface area contributed by atoms with Gasteiger partial charge in [0.25, 0.3) is 0 Å². The van der Waals surface area contributed by atoms with Crippen LogP contribution < -0.4 is 0 Å². The zero-order valence-corrected chi connectivity index (χ0v) is 7.52. The third kappa shape index (κ3) is 1.41. The van der Waals surface area contributed by atoms with Crippen molar-refractivity contribution in [2.45, 2.75) is 6.92 Å². The van der Waals surface area contributed by atoms with Gasteiger partial charge in [-0.3, -0.25) is 0 Å². The Kier molecular flexibility index (Phi) is 2.10. The van der Waals surface area contributed by atoms with Crippen LogP contribution in [-0.4, -0.2) is 32.5 Å². The van der Waals surface area contributed by atoms with Crippen LogP contribution in [0.1, 0.15) is 17.5 Å². The molecule has 0 aliphatic rings. The largest absolute Gasteiger partial charge is 0.460 e. The molecule has 0 aromatic carbocycles. The smallest absolute Gasteiger partial charge is 0.376 e. The minimum absolute atomic E-state index is 0.0338. The molecule has 0 amide bonds. The van der Waals surface area contributed by atoms with E-state index in [4.69, 9.17) is 4.74 Å². The van der Waals surface area contributed by atoms with Crippen LogP contribution in [0.4, 0.5) is 0 Å². The highest BCUT2D eigenvalue weighted by Crippen LogP contribution is 2.04. The SMILES string of the molecule is CCOC(=O)c1ncc2[nH]cnc2n1. The molecule has 14 heavy (non-hydrogen) atoms. The minimum atomic E-state index is -0.530. The van der Waals surface area contributed by atoms with E-state index in [2.05, 4.69) is 19.9 Å². The first kappa shape index (κ1) is 8.61. The van der Waals surface area contributed by atoms with E-state index < -0.39 is 5.97 Å². The zero-order valence-electron chi connectivity index (χ0n) is 7.52. The van der Waals surface area contributed by atoms with Crippen LogP contribution in [0.25, 0.3) is 11.2 Å². The van der Waals surface area contributed by atoms with Gasteiger partial charge in [-0.1, -0.05) is 0 Å². The third-order valence-electron chi connectivity index (χ3n) is 1.63. The Morgan fingerprint density at radius 2 is 2.43 bits per heavy atom. The summed E-state index contributed by atoms with van der Waals surface area (Å²) >= 11 is 0. The first-order valence-corrected chi connectivity index (χ1v) is 4.14. The quantitative estimate of drug-likeness (QED) is 0.702. The maximum Gasteiger partial charge on any atom is 0.376 e. The molecule has 0 saturated carbocycles. The van der Waals surface area contributed by atoms with Gasteiger partial charge in [-0.2, -0.15) is 0 Å². The number of aromatic nitrogens is 4. The number of imidazole rings is 1. The molecule has 1 N–H and O–H groups in total. The van der Waals surface area contributed by atoms with Crippen molar-refractivity contribution in [2.24, 2.45) is 0 Å². The highest BCUT2D eigenvalue weighted by molar-refractivity contribution is 5.87. The summed E-state index contributed by atoms with van der Waals surface area (Å²) in [6.07, 6.45) is 3.00. The molecule has 2 aromatic heterocycles. The van der Waals surface area contributed by atoms with Gasteiger partial charge in [-0.05, 0) is 6.92 Å². The van der Waals surface area contributed by atoms with Crippen molar-refractivity contribution in [3.05, 3.63) is 18.3 Å². The van der Waals surface area contributed by atoms with Crippen molar-refractivity contribution < 1.29 is 9.53 Å². The number of nitrogens with zero attached hydrogens (tertiary/aromatic N) is 3. The lowest BCUT2D eigenvalue weighted by molar-refractivity contribution is 0.0512. The Balaban J connectivity index is 2.38. The summed E-state index contributed by atoms with van der Waals surface area (Å²) in [5.41, 5.74) is 1.15. The molecule has 0 saturated heterocycles. The number of nitrogens with one attached hydrogen (secondary N) is 1. The van der Waals surface area contributed by atoms with E-state index in [1.807, 2.05) is 0 Å². The van der Waals surface area contributed by atoms with Crippen LogP contribution in [0.15, 0.2) is 12.5 Å². The first-order valence-electron chi connectivity index (χ1n) is 4.14. The molecule has 0 spiro atoms. The highest BCUT2D eigenvalue weighted by atomic mass is 16.5. The fraction of sp³-hybridized carbons (Fsp3) is 0.250.